The standard InChI is InChI=1S/C16H16ClNOS/c1-2-11-3-5-12(6-4-11)10-19-13-7-8-14(16(18)20)15(17)9-13/h3-9H,2,10H2,1H3,(H2,18,20). The van der Waals surface area contributed by atoms with Crippen molar-refractivity contribution >= 4 is 28.8 Å². The molecule has 0 aliphatic carbocycles. The first kappa shape index (κ1) is 14.8. The molecule has 0 atom stereocenters. The number of ether oxygens (including phenoxy) is 1. The molecule has 0 unspecified atom stereocenters. The molecule has 0 aliphatic heterocycles. The highest BCUT2D eigenvalue weighted by Crippen LogP contribution is 2.23. The van der Waals surface area contributed by atoms with Crippen molar-refractivity contribution in [2.45, 2.75) is 20.0 Å². The van der Waals surface area contributed by atoms with Gasteiger partial charge in [-0.1, -0.05) is 55.0 Å². The molecule has 0 heterocycles. The Labute approximate surface area is 129 Å². The average molecular weight is 306 g/mol. The minimum absolute atomic E-state index is 0.289. The van der Waals surface area contributed by atoms with E-state index in [1.54, 1.807) is 12.1 Å². The number of aryl methyl sites for hydroxylation is 1. The van der Waals surface area contributed by atoms with Crippen molar-refractivity contribution in [3.8, 4) is 5.75 Å². The molecule has 0 aliphatic rings. The van der Waals surface area contributed by atoms with Crippen LogP contribution in [0.5, 0.6) is 5.75 Å². The smallest absolute Gasteiger partial charge is 0.121 e. The van der Waals surface area contributed by atoms with Crippen molar-refractivity contribution in [3.05, 3.63) is 64.2 Å². The molecule has 0 bridgehead atoms. The van der Waals surface area contributed by atoms with Gasteiger partial charge in [0.25, 0.3) is 0 Å². The summed E-state index contributed by atoms with van der Waals surface area (Å²) in [5.74, 6) is 0.703. The van der Waals surface area contributed by atoms with Gasteiger partial charge in [0.1, 0.15) is 17.3 Å². The van der Waals surface area contributed by atoms with Gasteiger partial charge in [-0.15, -0.1) is 0 Å². The van der Waals surface area contributed by atoms with E-state index >= 15 is 0 Å². The summed E-state index contributed by atoms with van der Waals surface area (Å²) in [5, 5.41) is 0.510. The van der Waals surface area contributed by atoms with E-state index in [1.165, 1.54) is 5.56 Å². The molecule has 4 heteroatoms. The molecular weight excluding hydrogens is 290 g/mol. The summed E-state index contributed by atoms with van der Waals surface area (Å²) in [6, 6.07) is 13.7. The highest BCUT2D eigenvalue weighted by molar-refractivity contribution is 7.80. The molecule has 0 radical (unpaired) electrons. The highest BCUT2D eigenvalue weighted by Gasteiger charge is 2.05. The molecule has 0 saturated carbocycles. The van der Waals surface area contributed by atoms with Gasteiger partial charge in [-0.2, -0.15) is 0 Å². The maximum atomic E-state index is 6.10. The van der Waals surface area contributed by atoms with Crippen LogP contribution in [0.1, 0.15) is 23.6 Å². The summed E-state index contributed by atoms with van der Waals surface area (Å²) >= 11 is 11.0. The average Bonchev–Trinajstić information content (AvgIpc) is 2.45. The third-order valence-electron chi connectivity index (χ3n) is 3.04. The number of rotatable bonds is 5. The van der Waals surface area contributed by atoms with E-state index < -0.39 is 0 Å². The van der Waals surface area contributed by atoms with Crippen molar-refractivity contribution < 1.29 is 4.74 Å². The number of thiocarbonyl (C=S) groups is 1. The van der Waals surface area contributed by atoms with E-state index in [9.17, 15) is 0 Å². The predicted molar refractivity (Wildman–Crippen MR) is 87.5 cm³/mol. The molecule has 2 rings (SSSR count). The lowest BCUT2D eigenvalue weighted by molar-refractivity contribution is 0.306. The van der Waals surface area contributed by atoms with E-state index in [2.05, 4.69) is 31.2 Å². The summed E-state index contributed by atoms with van der Waals surface area (Å²) in [6.45, 7) is 2.64. The first-order valence-electron chi connectivity index (χ1n) is 6.40. The fourth-order valence-electron chi connectivity index (χ4n) is 1.82. The molecule has 2 nitrogen and oxygen atoms in total. The first-order chi connectivity index (χ1) is 9.60. The lowest BCUT2D eigenvalue weighted by atomic mass is 10.1. The van der Waals surface area contributed by atoms with Crippen LogP contribution in [0, 0.1) is 0 Å². The van der Waals surface area contributed by atoms with Crippen LogP contribution in [0.25, 0.3) is 0 Å². The molecule has 2 aromatic carbocycles. The maximum absolute atomic E-state index is 6.10. The third-order valence-corrected chi connectivity index (χ3v) is 3.58. The number of benzene rings is 2. The molecule has 0 aromatic heterocycles. The fraction of sp³-hybridized carbons (Fsp3) is 0.188. The quantitative estimate of drug-likeness (QED) is 0.844. The number of nitrogens with two attached hydrogens (primary N) is 1. The number of hydrogen-bond donors (Lipinski definition) is 1. The maximum Gasteiger partial charge on any atom is 0.121 e. The Balaban J connectivity index is 2.03. The first-order valence-corrected chi connectivity index (χ1v) is 7.18. The van der Waals surface area contributed by atoms with Crippen molar-refractivity contribution in [2.75, 3.05) is 0 Å². The van der Waals surface area contributed by atoms with Gasteiger partial charge in [-0.25, -0.2) is 0 Å². The molecule has 2 aromatic rings. The summed E-state index contributed by atoms with van der Waals surface area (Å²) in [4.78, 5) is 0.289. The largest absolute Gasteiger partial charge is 0.489 e. The molecular formula is C16H16ClNOS. The molecule has 0 fully saturated rings. The van der Waals surface area contributed by atoms with Gasteiger partial charge in [-0.05, 0) is 35.7 Å². The normalized spacial score (nSPS) is 10.3. The van der Waals surface area contributed by atoms with Crippen molar-refractivity contribution in [2.24, 2.45) is 5.73 Å². The minimum atomic E-state index is 0.289. The molecule has 0 amide bonds. The van der Waals surface area contributed by atoms with Gasteiger partial charge < -0.3 is 10.5 Å². The Morgan fingerprint density at radius 3 is 2.35 bits per heavy atom. The summed E-state index contributed by atoms with van der Waals surface area (Å²) in [5.41, 5.74) is 8.67. The molecule has 0 saturated heterocycles. The van der Waals surface area contributed by atoms with E-state index in [-0.39, 0.29) is 4.99 Å². The van der Waals surface area contributed by atoms with Gasteiger partial charge >= 0.3 is 0 Å². The van der Waals surface area contributed by atoms with Crippen molar-refractivity contribution in [3.63, 3.8) is 0 Å². The third kappa shape index (κ3) is 3.71. The highest BCUT2D eigenvalue weighted by atomic mass is 35.5. The van der Waals surface area contributed by atoms with E-state index in [1.807, 2.05) is 6.07 Å². The van der Waals surface area contributed by atoms with Crippen LogP contribution in [0.3, 0.4) is 0 Å². The van der Waals surface area contributed by atoms with Gasteiger partial charge in [0.05, 0.1) is 5.02 Å². The molecule has 104 valence electrons. The van der Waals surface area contributed by atoms with Crippen molar-refractivity contribution in [1.82, 2.24) is 0 Å². The van der Waals surface area contributed by atoms with Crippen LogP contribution < -0.4 is 10.5 Å². The Morgan fingerprint density at radius 2 is 1.80 bits per heavy atom. The van der Waals surface area contributed by atoms with E-state index in [0.717, 1.165) is 12.0 Å². The van der Waals surface area contributed by atoms with Crippen LogP contribution in [-0.2, 0) is 13.0 Å². The number of hydrogen-bond acceptors (Lipinski definition) is 2. The molecule has 2 N–H and O–H groups in total. The van der Waals surface area contributed by atoms with Gasteiger partial charge in [0.15, 0.2) is 0 Å². The summed E-state index contributed by atoms with van der Waals surface area (Å²) < 4.78 is 5.71. The van der Waals surface area contributed by atoms with Gasteiger partial charge in [-0.3, -0.25) is 0 Å². The predicted octanol–water partition coefficient (Wildman–Crippen LogP) is 4.12. The zero-order chi connectivity index (χ0) is 14.5. The van der Waals surface area contributed by atoms with Crippen LogP contribution in [0.4, 0.5) is 0 Å². The molecule has 0 spiro atoms. The summed E-state index contributed by atoms with van der Waals surface area (Å²) in [7, 11) is 0. The van der Waals surface area contributed by atoms with Crippen molar-refractivity contribution in [1.29, 1.82) is 0 Å². The van der Waals surface area contributed by atoms with Crippen LogP contribution in [-0.4, -0.2) is 4.99 Å². The topological polar surface area (TPSA) is 35.2 Å². The van der Waals surface area contributed by atoms with E-state index in [4.69, 9.17) is 34.3 Å². The Bertz CT molecular complexity index is 610. The SMILES string of the molecule is CCc1ccc(COc2ccc(C(N)=S)c(Cl)c2)cc1. The zero-order valence-electron chi connectivity index (χ0n) is 11.2. The zero-order valence-corrected chi connectivity index (χ0v) is 12.8. The molecule has 20 heavy (non-hydrogen) atoms. The fourth-order valence-corrected chi connectivity index (χ4v) is 2.33. The van der Waals surface area contributed by atoms with E-state index in [0.29, 0.717) is 22.9 Å². The Kier molecular flexibility index (Phi) is 4.99. The Hall–Kier alpha value is -1.58. The summed E-state index contributed by atoms with van der Waals surface area (Å²) in [6.07, 6.45) is 1.04. The monoisotopic (exact) mass is 305 g/mol. The van der Waals surface area contributed by atoms with Gasteiger partial charge in [0, 0.05) is 5.56 Å². The minimum Gasteiger partial charge on any atom is -0.489 e. The lowest BCUT2D eigenvalue weighted by Gasteiger charge is -2.09. The van der Waals surface area contributed by atoms with Crippen LogP contribution in [0.2, 0.25) is 5.02 Å². The Morgan fingerprint density at radius 1 is 1.15 bits per heavy atom. The number of halogens is 1. The lowest BCUT2D eigenvalue weighted by Crippen LogP contribution is -2.09. The van der Waals surface area contributed by atoms with Gasteiger partial charge in [0.2, 0.25) is 0 Å². The second kappa shape index (κ2) is 6.73. The second-order valence-electron chi connectivity index (χ2n) is 4.46. The van der Waals surface area contributed by atoms with Crippen LogP contribution >= 0.6 is 23.8 Å². The van der Waals surface area contributed by atoms with Crippen LogP contribution in [0.15, 0.2) is 42.5 Å². The second-order valence-corrected chi connectivity index (χ2v) is 5.31.